The van der Waals surface area contributed by atoms with E-state index in [0.29, 0.717) is 36.8 Å². The lowest BCUT2D eigenvalue weighted by atomic mass is 9.88. The van der Waals surface area contributed by atoms with Crippen LogP contribution in [0.1, 0.15) is 54.2 Å². The summed E-state index contributed by atoms with van der Waals surface area (Å²) in [5.41, 5.74) is 2.03. The van der Waals surface area contributed by atoms with Crippen LogP contribution in [-0.4, -0.2) is 53.8 Å². The number of pyridine rings is 1. The Bertz CT molecular complexity index is 761. The van der Waals surface area contributed by atoms with Crippen molar-refractivity contribution in [1.82, 2.24) is 20.4 Å². The van der Waals surface area contributed by atoms with Gasteiger partial charge in [-0.15, -0.1) is 0 Å². The van der Waals surface area contributed by atoms with Gasteiger partial charge in [0.05, 0.1) is 19.3 Å². The van der Waals surface area contributed by atoms with Gasteiger partial charge in [0.15, 0.2) is 0 Å². The minimum Gasteiger partial charge on any atom is -0.379 e. The van der Waals surface area contributed by atoms with Crippen molar-refractivity contribution in [2.45, 2.75) is 39.2 Å². The van der Waals surface area contributed by atoms with Crippen molar-refractivity contribution in [3.8, 4) is 0 Å². The van der Waals surface area contributed by atoms with Crippen molar-refractivity contribution in [3.05, 3.63) is 47.1 Å². The molecular formula is C20H28N4O3. The van der Waals surface area contributed by atoms with Crippen molar-refractivity contribution >= 4 is 5.91 Å². The second-order valence-corrected chi connectivity index (χ2v) is 7.87. The molecule has 1 amide bonds. The molecule has 27 heavy (non-hydrogen) atoms. The van der Waals surface area contributed by atoms with Crippen LogP contribution in [0.15, 0.2) is 29.0 Å². The molecule has 1 atom stereocenters. The number of amides is 1. The zero-order valence-corrected chi connectivity index (χ0v) is 16.5. The van der Waals surface area contributed by atoms with E-state index in [-0.39, 0.29) is 17.4 Å². The molecule has 146 valence electrons. The minimum atomic E-state index is -0.266. The van der Waals surface area contributed by atoms with Crippen LogP contribution in [-0.2, 0) is 10.2 Å². The monoisotopic (exact) mass is 372 g/mol. The van der Waals surface area contributed by atoms with Gasteiger partial charge >= 0.3 is 0 Å². The first-order chi connectivity index (χ1) is 12.9. The number of aromatic nitrogens is 2. The molecule has 1 unspecified atom stereocenters. The minimum absolute atomic E-state index is 0.0461. The molecular weight excluding hydrogens is 344 g/mol. The van der Waals surface area contributed by atoms with Crippen LogP contribution >= 0.6 is 0 Å². The summed E-state index contributed by atoms with van der Waals surface area (Å²) in [6.45, 7) is 11.4. The van der Waals surface area contributed by atoms with Crippen LogP contribution < -0.4 is 5.32 Å². The molecule has 7 heteroatoms. The lowest BCUT2D eigenvalue weighted by Gasteiger charge is -2.34. The average Bonchev–Trinajstić information content (AvgIpc) is 3.05. The zero-order chi connectivity index (χ0) is 19.4. The Morgan fingerprint density at radius 3 is 2.70 bits per heavy atom. The molecule has 1 N–H and O–H groups in total. The summed E-state index contributed by atoms with van der Waals surface area (Å²) in [5, 5.41) is 7.20. The molecule has 1 saturated heterocycles. The Morgan fingerprint density at radius 2 is 2.07 bits per heavy atom. The van der Waals surface area contributed by atoms with Crippen LogP contribution in [0.25, 0.3) is 0 Å². The molecule has 0 spiro atoms. The largest absolute Gasteiger partial charge is 0.379 e. The SMILES string of the molecule is Cc1onc(C(C)(C)C)c1C(=O)NCC(c1cccnc1)N1CCOCC1. The highest BCUT2D eigenvalue weighted by Crippen LogP contribution is 2.27. The van der Waals surface area contributed by atoms with Crippen molar-refractivity contribution in [1.29, 1.82) is 0 Å². The summed E-state index contributed by atoms with van der Waals surface area (Å²) >= 11 is 0. The molecule has 2 aromatic heterocycles. The number of nitrogens with zero attached hydrogens (tertiary/aromatic N) is 3. The lowest BCUT2D eigenvalue weighted by molar-refractivity contribution is 0.0161. The van der Waals surface area contributed by atoms with Gasteiger partial charge in [-0.1, -0.05) is 32.0 Å². The van der Waals surface area contributed by atoms with Crippen LogP contribution in [0.2, 0.25) is 0 Å². The molecule has 0 aliphatic carbocycles. The maximum atomic E-state index is 12.9. The fourth-order valence-electron chi connectivity index (χ4n) is 3.35. The van der Waals surface area contributed by atoms with E-state index in [0.717, 1.165) is 18.7 Å². The Morgan fingerprint density at radius 1 is 1.33 bits per heavy atom. The molecule has 0 radical (unpaired) electrons. The van der Waals surface area contributed by atoms with E-state index in [4.69, 9.17) is 9.26 Å². The van der Waals surface area contributed by atoms with Crippen molar-refractivity contribution in [2.75, 3.05) is 32.8 Å². The molecule has 7 nitrogen and oxygen atoms in total. The molecule has 3 rings (SSSR count). The van der Waals surface area contributed by atoms with E-state index in [1.807, 2.05) is 39.1 Å². The van der Waals surface area contributed by atoms with Gasteiger partial charge in [0.25, 0.3) is 5.91 Å². The van der Waals surface area contributed by atoms with Crippen LogP contribution in [0, 0.1) is 6.92 Å². The maximum Gasteiger partial charge on any atom is 0.256 e. The number of ether oxygens (including phenoxy) is 1. The Balaban J connectivity index is 1.78. The van der Waals surface area contributed by atoms with E-state index in [1.54, 1.807) is 13.1 Å². The van der Waals surface area contributed by atoms with Gasteiger partial charge in [0.1, 0.15) is 17.0 Å². The second-order valence-electron chi connectivity index (χ2n) is 7.87. The van der Waals surface area contributed by atoms with Gasteiger partial charge < -0.3 is 14.6 Å². The molecule has 1 aliphatic heterocycles. The maximum absolute atomic E-state index is 12.9. The quantitative estimate of drug-likeness (QED) is 0.868. The van der Waals surface area contributed by atoms with Gasteiger partial charge in [0.2, 0.25) is 0 Å². The first-order valence-electron chi connectivity index (χ1n) is 9.34. The molecule has 0 bridgehead atoms. The van der Waals surface area contributed by atoms with Gasteiger partial charge in [-0.2, -0.15) is 0 Å². The first kappa shape index (κ1) is 19.5. The fraction of sp³-hybridized carbons (Fsp3) is 0.550. The van der Waals surface area contributed by atoms with Crippen molar-refractivity contribution in [3.63, 3.8) is 0 Å². The number of hydrogen-bond acceptors (Lipinski definition) is 6. The molecule has 1 aliphatic rings. The number of carbonyl (C=O) groups excluding carboxylic acids is 1. The van der Waals surface area contributed by atoms with E-state index < -0.39 is 0 Å². The summed E-state index contributed by atoms with van der Waals surface area (Å²) in [5.74, 6) is 0.391. The van der Waals surface area contributed by atoms with E-state index >= 15 is 0 Å². The zero-order valence-electron chi connectivity index (χ0n) is 16.5. The summed E-state index contributed by atoms with van der Waals surface area (Å²) < 4.78 is 10.8. The average molecular weight is 372 g/mol. The predicted molar refractivity (Wildman–Crippen MR) is 102 cm³/mol. The van der Waals surface area contributed by atoms with Crippen LogP contribution in [0.4, 0.5) is 0 Å². The van der Waals surface area contributed by atoms with Gasteiger partial charge in [-0.25, -0.2) is 0 Å². The smallest absolute Gasteiger partial charge is 0.256 e. The number of aryl methyl sites for hydroxylation is 1. The number of rotatable bonds is 5. The number of nitrogens with one attached hydrogen (secondary N) is 1. The molecule has 2 aromatic rings. The number of carbonyl (C=O) groups is 1. The van der Waals surface area contributed by atoms with E-state index in [9.17, 15) is 4.79 Å². The predicted octanol–water partition coefficient (Wildman–Crippen LogP) is 2.48. The third kappa shape index (κ3) is 4.54. The number of morpholine rings is 1. The highest BCUT2D eigenvalue weighted by molar-refractivity contribution is 5.96. The van der Waals surface area contributed by atoms with Crippen molar-refractivity contribution < 1.29 is 14.1 Å². The van der Waals surface area contributed by atoms with Gasteiger partial charge in [-0.3, -0.25) is 14.7 Å². The summed E-state index contributed by atoms with van der Waals surface area (Å²) in [4.78, 5) is 19.5. The third-order valence-electron chi connectivity index (χ3n) is 4.81. The topological polar surface area (TPSA) is 80.5 Å². The molecule has 0 aromatic carbocycles. The standard InChI is InChI=1S/C20H28N4O3/c1-14-17(18(23-27-14)20(2,3)4)19(25)22-13-16(15-6-5-7-21-12-15)24-8-10-26-11-9-24/h5-7,12,16H,8-11,13H2,1-4H3,(H,22,25). The Hall–Kier alpha value is -2.25. The van der Waals surface area contributed by atoms with E-state index in [2.05, 4.69) is 20.4 Å². The highest BCUT2D eigenvalue weighted by Gasteiger charge is 2.30. The highest BCUT2D eigenvalue weighted by atomic mass is 16.5. The van der Waals surface area contributed by atoms with Gasteiger partial charge in [0, 0.05) is 37.4 Å². The number of hydrogen-bond donors (Lipinski definition) is 1. The summed E-state index contributed by atoms with van der Waals surface area (Å²) in [6.07, 6.45) is 3.62. The summed E-state index contributed by atoms with van der Waals surface area (Å²) in [7, 11) is 0. The third-order valence-corrected chi connectivity index (χ3v) is 4.81. The fourth-order valence-corrected chi connectivity index (χ4v) is 3.35. The molecule has 3 heterocycles. The summed E-state index contributed by atoms with van der Waals surface area (Å²) in [6, 6.07) is 4.02. The Kier molecular flexibility index (Phi) is 5.92. The molecule has 1 fully saturated rings. The lowest BCUT2D eigenvalue weighted by Crippen LogP contribution is -2.44. The first-order valence-corrected chi connectivity index (χ1v) is 9.34. The van der Waals surface area contributed by atoms with Gasteiger partial charge in [-0.05, 0) is 18.6 Å². The second kappa shape index (κ2) is 8.19. The Labute approximate surface area is 160 Å². The van der Waals surface area contributed by atoms with Crippen LogP contribution in [0.5, 0.6) is 0 Å². The van der Waals surface area contributed by atoms with E-state index in [1.165, 1.54) is 0 Å². The van der Waals surface area contributed by atoms with Crippen LogP contribution in [0.3, 0.4) is 0 Å². The van der Waals surface area contributed by atoms with Crippen molar-refractivity contribution in [2.24, 2.45) is 0 Å². The molecule has 0 saturated carbocycles. The normalized spacial score (nSPS) is 16.9.